The van der Waals surface area contributed by atoms with Crippen molar-refractivity contribution in [3.8, 4) is 0 Å². The average Bonchev–Trinajstić information content (AvgIpc) is 3.06. The normalized spacial score (nSPS) is 13.4. The second kappa shape index (κ2) is 38.1. The van der Waals surface area contributed by atoms with E-state index in [1.807, 2.05) is 6.08 Å². The molecule has 2 atom stereocenters. The van der Waals surface area contributed by atoms with Crippen LogP contribution in [0, 0.1) is 0 Å². The third kappa shape index (κ3) is 34.0. The molecular weight excluding hydrogens is 566 g/mol. The molecular formula is C42H79NO3. The van der Waals surface area contributed by atoms with Crippen molar-refractivity contribution in [3.63, 3.8) is 0 Å². The number of carbonyl (C=O) groups is 1. The third-order valence-electron chi connectivity index (χ3n) is 9.10. The first kappa shape index (κ1) is 44.6. The monoisotopic (exact) mass is 646 g/mol. The molecule has 4 nitrogen and oxygen atoms in total. The number of amides is 1. The number of hydrogen-bond acceptors (Lipinski definition) is 3. The van der Waals surface area contributed by atoms with Gasteiger partial charge in [0.2, 0.25) is 5.91 Å². The first-order valence-electron chi connectivity index (χ1n) is 20.2. The second-order valence-electron chi connectivity index (χ2n) is 13.7. The maximum Gasteiger partial charge on any atom is 0.220 e. The van der Waals surface area contributed by atoms with Crippen LogP contribution in [0.3, 0.4) is 0 Å². The van der Waals surface area contributed by atoms with E-state index in [9.17, 15) is 15.0 Å². The van der Waals surface area contributed by atoms with Crippen molar-refractivity contribution in [3.05, 3.63) is 36.5 Å². The number of nitrogens with one attached hydrogen (secondary N) is 1. The van der Waals surface area contributed by atoms with Crippen molar-refractivity contribution in [2.75, 3.05) is 6.61 Å². The predicted molar refractivity (Wildman–Crippen MR) is 202 cm³/mol. The number of rotatable bonds is 36. The number of aliphatic hydroxyl groups excluding tert-OH is 2. The molecule has 0 bridgehead atoms. The fourth-order valence-electron chi connectivity index (χ4n) is 5.95. The van der Waals surface area contributed by atoms with E-state index in [1.165, 1.54) is 141 Å². The van der Waals surface area contributed by atoms with Gasteiger partial charge in [0, 0.05) is 6.42 Å². The standard InChI is InChI=1S/C42H79NO3/c1-3-5-7-9-11-13-15-17-19-20-21-22-24-25-27-29-31-33-35-37-41(45)40(39-44)43-42(46)38-36-34-32-30-28-26-23-18-16-14-12-10-8-6-4-2/h18,23,27,29,35,37,40-41,44-45H,3-17,19-22,24-26,28,30-34,36,38-39H2,1-2H3,(H,43,46)/b23-18-,29-27+,37-35+. The number of unbranched alkanes of at least 4 members (excludes halogenated alkanes) is 25. The summed E-state index contributed by atoms with van der Waals surface area (Å²) in [7, 11) is 0. The van der Waals surface area contributed by atoms with Crippen LogP contribution in [-0.4, -0.2) is 34.9 Å². The minimum Gasteiger partial charge on any atom is -0.394 e. The van der Waals surface area contributed by atoms with Gasteiger partial charge in [0.1, 0.15) is 0 Å². The molecule has 0 saturated heterocycles. The second-order valence-corrected chi connectivity index (χ2v) is 13.7. The minimum atomic E-state index is -0.863. The maximum absolute atomic E-state index is 12.3. The smallest absolute Gasteiger partial charge is 0.220 e. The topological polar surface area (TPSA) is 69.6 Å². The Labute approximate surface area is 287 Å². The van der Waals surface area contributed by atoms with Gasteiger partial charge in [-0.15, -0.1) is 0 Å². The highest BCUT2D eigenvalue weighted by Crippen LogP contribution is 2.14. The molecule has 1 amide bonds. The Balaban J connectivity index is 3.65. The molecule has 0 aromatic heterocycles. The number of allylic oxidation sites excluding steroid dienone is 5. The van der Waals surface area contributed by atoms with Crippen molar-refractivity contribution in [2.24, 2.45) is 0 Å². The first-order chi connectivity index (χ1) is 22.7. The van der Waals surface area contributed by atoms with Crippen LogP contribution in [0.4, 0.5) is 0 Å². The Kier molecular flexibility index (Phi) is 36.9. The van der Waals surface area contributed by atoms with E-state index < -0.39 is 12.1 Å². The summed E-state index contributed by atoms with van der Waals surface area (Å²) in [6.45, 7) is 4.28. The van der Waals surface area contributed by atoms with Gasteiger partial charge >= 0.3 is 0 Å². The molecule has 4 heteroatoms. The molecule has 0 saturated carbocycles. The summed E-state index contributed by atoms with van der Waals surface area (Å²) in [6.07, 6.45) is 49.5. The van der Waals surface area contributed by atoms with Crippen molar-refractivity contribution < 1.29 is 15.0 Å². The van der Waals surface area contributed by atoms with E-state index in [-0.39, 0.29) is 12.5 Å². The lowest BCUT2D eigenvalue weighted by molar-refractivity contribution is -0.123. The summed E-state index contributed by atoms with van der Waals surface area (Å²) in [5.74, 6) is -0.0831. The lowest BCUT2D eigenvalue weighted by Crippen LogP contribution is -2.45. The highest BCUT2D eigenvalue weighted by atomic mass is 16.3. The highest BCUT2D eigenvalue weighted by molar-refractivity contribution is 5.76. The Morgan fingerprint density at radius 3 is 1.26 bits per heavy atom. The van der Waals surface area contributed by atoms with Crippen LogP contribution in [0.2, 0.25) is 0 Å². The van der Waals surface area contributed by atoms with Crippen LogP contribution < -0.4 is 5.32 Å². The lowest BCUT2D eigenvalue weighted by Gasteiger charge is -2.19. The molecule has 0 spiro atoms. The van der Waals surface area contributed by atoms with Crippen molar-refractivity contribution >= 4 is 5.91 Å². The Bertz CT molecular complexity index is 701. The van der Waals surface area contributed by atoms with E-state index in [4.69, 9.17) is 0 Å². The van der Waals surface area contributed by atoms with Crippen LogP contribution >= 0.6 is 0 Å². The zero-order valence-electron chi connectivity index (χ0n) is 30.8. The van der Waals surface area contributed by atoms with Gasteiger partial charge in [-0.25, -0.2) is 0 Å². The van der Waals surface area contributed by atoms with Crippen molar-refractivity contribution in [1.82, 2.24) is 5.32 Å². The van der Waals surface area contributed by atoms with Crippen LogP contribution in [0.1, 0.15) is 206 Å². The van der Waals surface area contributed by atoms with Crippen LogP contribution in [0.15, 0.2) is 36.5 Å². The highest BCUT2D eigenvalue weighted by Gasteiger charge is 2.17. The average molecular weight is 646 g/mol. The first-order valence-corrected chi connectivity index (χ1v) is 20.2. The molecule has 270 valence electrons. The number of hydrogen-bond donors (Lipinski definition) is 3. The molecule has 0 aliphatic heterocycles. The Morgan fingerprint density at radius 1 is 0.500 bits per heavy atom. The molecule has 0 aromatic rings. The maximum atomic E-state index is 12.3. The van der Waals surface area contributed by atoms with Gasteiger partial charge in [-0.05, 0) is 57.8 Å². The largest absolute Gasteiger partial charge is 0.394 e. The van der Waals surface area contributed by atoms with Crippen LogP contribution in [-0.2, 0) is 4.79 Å². The molecule has 0 fully saturated rings. The molecule has 0 rings (SSSR count). The summed E-state index contributed by atoms with van der Waals surface area (Å²) in [5, 5.41) is 22.9. The van der Waals surface area contributed by atoms with E-state index in [0.29, 0.717) is 6.42 Å². The van der Waals surface area contributed by atoms with Gasteiger partial charge in [-0.3, -0.25) is 4.79 Å². The fraction of sp³-hybridized carbons (Fsp3) is 0.833. The molecule has 2 unspecified atom stereocenters. The Hall–Kier alpha value is -1.39. The lowest BCUT2D eigenvalue weighted by atomic mass is 10.0. The van der Waals surface area contributed by atoms with Gasteiger partial charge in [-0.1, -0.05) is 179 Å². The molecule has 0 aliphatic rings. The summed E-state index contributed by atoms with van der Waals surface area (Å²) < 4.78 is 0. The van der Waals surface area contributed by atoms with Gasteiger partial charge < -0.3 is 15.5 Å². The zero-order valence-corrected chi connectivity index (χ0v) is 30.8. The molecule has 0 heterocycles. The molecule has 46 heavy (non-hydrogen) atoms. The summed E-state index contributed by atoms with van der Waals surface area (Å²) >= 11 is 0. The van der Waals surface area contributed by atoms with Crippen LogP contribution in [0.25, 0.3) is 0 Å². The van der Waals surface area contributed by atoms with Crippen molar-refractivity contribution in [1.29, 1.82) is 0 Å². The van der Waals surface area contributed by atoms with E-state index in [2.05, 4.69) is 43.5 Å². The summed E-state index contributed by atoms with van der Waals surface area (Å²) in [4.78, 5) is 12.3. The SMILES string of the molecule is CCCCCCCC/C=C\CCCCCCCC(=O)NC(CO)C(O)/C=C/CC/C=C/CCCCCCCCCCCCCCC. The molecule has 0 aliphatic carbocycles. The van der Waals surface area contributed by atoms with Gasteiger partial charge in [-0.2, -0.15) is 0 Å². The fourth-order valence-corrected chi connectivity index (χ4v) is 5.95. The summed E-state index contributed by atoms with van der Waals surface area (Å²) in [5.41, 5.74) is 0. The molecule has 3 N–H and O–H groups in total. The molecule has 0 radical (unpaired) electrons. The quantitative estimate of drug-likeness (QED) is 0.0469. The zero-order chi connectivity index (χ0) is 33.6. The predicted octanol–water partition coefficient (Wildman–Crippen LogP) is 12.2. The van der Waals surface area contributed by atoms with E-state index in [1.54, 1.807) is 6.08 Å². The van der Waals surface area contributed by atoms with Crippen molar-refractivity contribution in [2.45, 2.75) is 219 Å². The Morgan fingerprint density at radius 2 is 0.848 bits per heavy atom. The van der Waals surface area contributed by atoms with E-state index in [0.717, 1.165) is 44.9 Å². The molecule has 0 aromatic carbocycles. The van der Waals surface area contributed by atoms with Gasteiger partial charge in [0.15, 0.2) is 0 Å². The summed E-state index contributed by atoms with van der Waals surface area (Å²) in [6, 6.07) is -0.641. The van der Waals surface area contributed by atoms with Gasteiger partial charge in [0.05, 0.1) is 18.8 Å². The van der Waals surface area contributed by atoms with E-state index >= 15 is 0 Å². The number of aliphatic hydroxyl groups is 2. The van der Waals surface area contributed by atoms with Crippen LogP contribution in [0.5, 0.6) is 0 Å². The minimum absolute atomic E-state index is 0.0831. The third-order valence-corrected chi connectivity index (χ3v) is 9.10. The number of carbonyl (C=O) groups excluding carboxylic acids is 1. The van der Waals surface area contributed by atoms with Gasteiger partial charge in [0.25, 0.3) is 0 Å².